The summed E-state index contributed by atoms with van der Waals surface area (Å²) in [5.74, 6) is -1.83. The van der Waals surface area contributed by atoms with E-state index in [1.807, 2.05) is 0 Å². The van der Waals surface area contributed by atoms with Crippen molar-refractivity contribution in [1.82, 2.24) is 4.98 Å². The van der Waals surface area contributed by atoms with E-state index >= 15 is 0 Å². The normalized spacial score (nSPS) is 21.2. The van der Waals surface area contributed by atoms with E-state index in [0.29, 0.717) is 18.6 Å². The summed E-state index contributed by atoms with van der Waals surface area (Å²) in [5, 5.41) is 0. The van der Waals surface area contributed by atoms with Gasteiger partial charge in [-0.05, 0) is 25.0 Å². The van der Waals surface area contributed by atoms with Gasteiger partial charge < -0.3 is 4.74 Å². The van der Waals surface area contributed by atoms with Crippen LogP contribution in [0.25, 0.3) is 0 Å². The lowest BCUT2D eigenvalue weighted by molar-refractivity contribution is -0.0582. The molecular weight excluding hydrogens is 200 g/mol. The molecule has 1 aromatic rings. The molecule has 0 saturated heterocycles. The summed E-state index contributed by atoms with van der Waals surface area (Å²) < 4.78 is 31.3. The van der Waals surface area contributed by atoms with Crippen molar-refractivity contribution < 1.29 is 13.5 Å². The molecule has 1 heterocycles. The molecule has 1 aromatic heterocycles. The summed E-state index contributed by atoms with van der Waals surface area (Å²) in [6, 6.07) is 3.56. The minimum atomic E-state index is -2.49. The lowest BCUT2D eigenvalue weighted by Crippen LogP contribution is -2.30. The zero-order valence-corrected chi connectivity index (χ0v) is 8.33. The minimum absolute atomic E-state index is 0.0715. The van der Waals surface area contributed by atoms with E-state index in [2.05, 4.69) is 4.98 Å². The summed E-state index contributed by atoms with van der Waals surface area (Å²) in [6.45, 7) is 0. The van der Waals surface area contributed by atoms with Gasteiger partial charge >= 0.3 is 0 Å². The monoisotopic (exact) mass is 213 g/mol. The van der Waals surface area contributed by atoms with Crippen molar-refractivity contribution in [3.63, 3.8) is 0 Å². The van der Waals surface area contributed by atoms with Gasteiger partial charge in [-0.2, -0.15) is 0 Å². The number of nitrogens with zero attached hydrogens (tertiary/aromatic N) is 1. The van der Waals surface area contributed by atoms with Gasteiger partial charge in [0.15, 0.2) is 0 Å². The third kappa shape index (κ3) is 2.88. The van der Waals surface area contributed by atoms with Crippen LogP contribution in [0.5, 0.6) is 5.75 Å². The van der Waals surface area contributed by atoms with Gasteiger partial charge in [-0.15, -0.1) is 0 Å². The van der Waals surface area contributed by atoms with E-state index in [0.717, 1.165) is 0 Å². The van der Waals surface area contributed by atoms with E-state index in [1.54, 1.807) is 24.5 Å². The Hall–Kier alpha value is -1.19. The Morgan fingerprint density at radius 1 is 1.33 bits per heavy atom. The average Bonchev–Trinajstić information content (AvgIpc) is 2.23. The topological polar surface area (TPSA) is 22.1 Å². The number of hydrogen-bond donors (Lipinski definition) is 0. The van der Waals surface area contributed by atoms with Crippen molar-refractivity contribution in [2.45, 2.75) is 37.7 Å². The fourth-order valence-electron chi connectivity index (χ4n) is 1.74. The molecule has 0 aliphatic heterocycles. The molecule has 0 spiro atoms. The second kappa shape index (κ2) is 4.13. The Morgan fingerprint density at radius 2 is 2.07 bits per heavy atom. The highest BCUT2D eigenvalue weighted by Gasteiger charge is 2.35. The third-order valence-electron chi connectivity index (χ3n) is 2.60. The van der Waals surface area contributed by atoms with Crippen LogP contribution < -0.4 is 4.74 Å². The molecule has 1 aliphatic carbocycles. The zero-order valence-electron chi connectivity index (χ0n) is 8.33. The first-order valence-electron chi connectivity index (χ1n) is 5.10. The molecule has 0 aromatic carbocycles. The molecule has 0 bridgehead atoms. The van der Waals surface area contributed by atoms with Crippen LogP contribution in [0, 0.1) is 0 Å². The smallest absolute Gasteiger partial charge is 0.248 e. The molecular formula is C11H13F2NO. The highest BCUT2D eigenvalue weighted by atomic mass is 19.3. The molecule has 2 rings (SSSR count). The number of aromatic nitrogens is 1. The van der Waals surface area contributed by atoms with Gasteiger partial charge in [-0.1, -0.05) is 0 Å². The maximum atomic E-state index is 12.8. The van der Waals surface area contributed by atoms with Gasteiger partial charge in [0.2, 0.25) is 5.92 Å². The molecule has 0 radical (unpaired) electrons. The quantitative estimate of drug-likeness (QED) is 0.753. The first-order chi connectivity index (χ1) is 7.16. The van der Waals surface area contributed by atoms with Crippen LogP contribution >= 0.6 is 0 Å². The van der Waals surface area contributed by atoms with Gasteiger partial charge in [0.25, 0.3) is 0 Å². The van der Waals surface area contributed by atoms with Crippen molar-refractivity contribution in [3.8, 4) is 5.75 Å². The molecule has 15 heavy (non-hydrogen) atoms. The van der Waals surface area contributed by atoms with E-state index in [-0.39, 0.29) is 18.9 Å². The summed E-state index contributed by atoms with van der Waals surface area (Å²) >= 11 is 0. The Balaban J connectivity index is 1.88. The molecule has 2 nitrogen and oxygen atoms in total. The maximum Gasteiger partial charge on any atom is 0.248 e. The Labute approximate surface area is 87.3 Å². The lowest BCUT2D eigenvalue weighted by Gasteiger charge is -2.28. The third-order valence-corrected chi connectivity index (χ3v) is 2.60. The van der Waals surface area contributed by atoms with Crippen LogP contribution in [0.1, 0.15) is 25.7 Å². The predicted molar refractivity (Wildman–Crippen MR) is 52.1 cm³/mol. The molecule has 4 heteroatoms. The molecule has 0 amide bonds. The highest BCUT2D eigenvalue weighted by molar-refractivity contribution is 5.15. The number of pyridine rings is 1. The summed E-state index contributed by atoms with van der Waals surface area (Å²) in [6.07, 6.45) is 3.86. The number of hydrogen-bond acceptors (Lipinski definition) is 2. The van der Waals surface area contributed by atoms with E-state index < -0.39 is 5.92 Å². The van der Waals surface area contributed by atoms with Crippen LogP contribution in [-0.2, 0) is 0 Å². The maximum absolute atomic E-state index is 12.8. The fraction of sp³-hybridized carbons (Fsp3) is 0.545. The SMILES string of the molecule is FC1(F)CCC(Oc2cccnc2)CC1. The van der Waals surface area contributed by atoms with Gasteiger partial charge in [0, 0.05) is 19.0 Å². The average molecular weight is 213 g/mol. The molecule has 0 N–H and O–H groups in total. The van der Waals surface area contributed by atoms with Crippen molar-refractivity contribution in [2.24, 2.45) is 0 Å². The zero-order chi connectivity index (χ0) is 10.7. The number of ether oxygens (including phenoxy) is 1. The van der Waals surface area contributed by atoms with Crippen molar-refractivity contribution in [2.75, 3.05) is 0 Å². The second-order valence-electron chi connectivity index (χ2n) is 3.86. The van der Waals surface area contributed by atoms with E-state index in [9.17, 15) is 8.78 Å². The molecule has 0 unspecified atom stereocenters. The standard InChI is InChI=1S/C11H13F2NO/c12-11(13)5-3-9(4-6-11)15-10-2-1-7-14-8-10/h1-2,7-9H,3-6H2. The predicted octanol–water partition coefficient (Wildman–Crippen LogP) is 3.04. The number of halogens is 2. The summed E-state index contributed by atoms with van der Waals surface area (Å²) in [5.41, 5.74) is 0. The Kier molecular flexibility index (Phi) is 2.84. The number of rotatable bonds is 2. The molecule has 1 saturated carbocycles. The van der Waals surface area contributed by atoms with Gasteiger partial charge in [0.05, 0.1) is 12.3 Å². The summed E-state index contributed by atoms with van der Waals surface area (Å²) in [4.78, 5) is 3.91. The van der Waals surface area contributed by atoms with Crippen LogP contribution in [0.4, 0.5) is 8.78 Å². The minimum Gasteiger partial charge on any atom is -0.489 e. The molecule has 0 atom stereocenters. The van der Waals surface area contributed by atoms with Crippen molar-refractivity contribution in [3.05, 3.63) is 24.5 Å². The Morgan fingerprint density at radius 3 is 2.67 bits per heavy atom. The van der Waals surface area contributed by atoms with E-state index in [4.69, 9.17) is 4.74 Å². The first kappa shape index (κ1) is 10.3. The molecule has 82 valence electrons. The van der Waals surface area contributed by atoms with Crippen molar-refractivity contribution >= 4 is 0 Å². The fourth-order valence-corrected chi connectivity index (χ4v) is 1.74. The van der Waals surface area contributed by atoms with E-state index in [1.165, 1.54) is 0 Å². The molecule has 1 aliphatic rings. The second-order valence-corrected chi connectivity index (χ2v) is 3.86. The lowest BCUT2D eigenvalue weighted by atomic mass is 9.94. The van der Waals surface area contributed by atoms with Gasteiger partial charge in [-0.3, -0.25) is 4.98 Å². The van der Waals surface area contributed by atoms with Gasteiger partial charge in [-0.25, -0.2) is 8.78 Å². The highest BCUT2D eigenvalue weighted by Crippen LogP contribution is 2.34. The van der Waals surface area contributed by atoms with Crippen molar-refractivity contribution in [1.29, 1.82) is 0 Å². The first-order valence-corrected chi connectivity index (χ1v) is 5.10. The number of alkyl halides is 2. The summed E-state index contributed by atoms with van der Waals surface area (Å²) in [7, 11) is 0. The van der Waals surface area contributed by atoms with Crippen LogP contribution in [0.15, 0.2) is 24.5 Å². The largest absolute Gasteiger partial charge is 0.489 e. The van der Waals surface area contributed by atoms with Crippen LogP contribution in [-0.4, -0.2) is 17.0 Å². The van der Waals surface area contributed by atoms with Crippen LogP contribution in [0.3, 0.4) is 0 Å². The Bertz CT molecular complexity index is 306. The van der Waals surface area contributed by atoms with Gasteiger partial charge in [0.1, 0.15) is 5.75 Å². The van der Waals surface area contributed by atoms with Crippen LogP contribution in [0.2, 0.25) is 0 Å². The molecule has 1 fully saturated rings.